The normalized spacial score (nSPS) is 21.8. The van der Waals surface area contributed by atoms with Gasteiger partial charge in [-0.2, -0.15) is 0 Å². The van der Waals surface area contributed by atoms with Crippen molar-refractivity contribution in [3.05, 3.63) is 70.9 Å². The fourth-order valence-corrected chi connectivity index (χ4v) is 5.34. The number of H-pyrrole nitrogens is 1. The van der Waals surface area contributed by atoms with Gasteiger partial charge in [0.05, 0.1) is 12.0 Å². The number of aryl methyl sites for hydroxylation is 1. The first kappa shape index (κ1) is 20.0. The summed E-state index contributed by atoms with van der Waals surface area (Å²) in [6, 6.07) is 16.7. The smallest absolute Gasteiger partial charge is 0.227 e. The molecule has 5 rings (SSSR count). The van der Waals surface area contributed by atoms with Gasteiger partial charge in [-0.3, -0.25) is 9.59 Å². The van der Waals surface area contributed by atoms with Gasteiger partial charge in [0, 0.05) is 28.9 Å². The van der Waals surface area contributed by atoms with E-state index in [1.165, 1.54) is 22.2 Å². The predicted molar refractivity (Wildman–Crippen MR) is 123 cm³/mol. The Morgan fingerprint density at radius 1 is 1.06 bits per heavy atom. The zero-order valence-electron chi connectivity index (χ0n) is 18.1. The van der Waals surface area contributed by atoms with E-state index >= 15 is 0 Å². The van der Waals surface area contributed by atoms with Gasteiger partial charge in [-0.05, 0) is 68.2 Å². The maximum absolute atomic E-state index is 13.1. The van der Waals surface area contributed by atoms with Crippen LogP contribution in [-0.2, 0) is 22.4 Å². The number of amides is 1. The molecule has 0 bridgehead atoms. The Morgan fingerprint density at radius 3 is 2.61 bits per heavy atom. The minimum atomic E-state index is -0.211. The number of para-hydroxylation sites is 1. The third kappa shape index (κ3) is 3.91. The highest BCUT2D eigenvalue weighted by molar-refractivity contribution is 5.87. The van der Waals surface area contributed by atoms with Gasteiger partial charge in [-0.25, -0.2) is 0 Å². The maximum Gasteiger partial charge on any atom is 0.227 e. The zero-order chi connectivity index (χ0) is 21.4. The van der Waals surface area contributed by atoms with Crippen LogP contribution in [-0.4, -0.2) is 16.7 Å². The lowest BCUT2D eigenvalue weighted by Crippen LogP contribution is -2.34. The molecule has 3 atom stereocenters. The third-order valence-corrected chi connectivity index (χ3v) is 7.22. The average Bonchev–Trinajstić information content (AvgIpc) is 3.37. The Labute approximate surface area is 183 Å². The number of ketones is 1. The van der Waals surface area contributed by atoms with Crippen molar-refractivity contribution in [2.45, 2.75) is 63.8 Å². The molecule has 1 saturated carbocycles. The van der Waals surface area contributed by atoms with Gasteiger partial charge < -0.3 is 10.3 Å². The van der Waals surface area contributed by atoms with Crippen molar-refractivity contribution in [3.63, 3.8) is 0 Å². The summed E-state index contributed by atoms with van der Waals surface area (Å²) in [5, 5.41) is 4.58. The van der Waals surface area contributed by atoms with Crippen LogP contribution < -0.4 is 5.32 Å². The largest absolute Gasteiger partial charge is 0.356 e. The fraction of sp³-hybridized carbons (Fsp3) is 0.407. The number of carbonyl (C=O) groups excluding carboxylic acids is 2. The molecule has 4 heteroatoms. The monoisotopic (exact) mass is 414 g/mol. The summed E-state index contributed by atoms with van der Waals surface area (Å²) in [6.07, 6.45) is 6.71. The molecule has 0 saturated heterocycles. The van der Waals surface area contributed by atoms with Crippen molar-refractivity contribution in [2.75, 3.05) is 0 Å². The molecular weight excluding hydrogens is 384 g/mol. The molecule has 4 nitrogen and oxygen atoms in total. The molecule has 0 radical (unpaired) electrons. The van der Waals surface area contributed by atoms with Crippen LogP contribution in [0.15, 0.2) is 48.5 Å². The molecule has 1 aromatic heterocycles. The SMILES string of the molecule is C[C@H](C(=O)NC1CCCc2c1[nH]c1ccccc21)c1ccc(C[C@@H]2CCCC2=O)cc1. The maximum atomic E-state index is 13.1. The zero-order valence-corrected chi connectivity index (χ0v) is 18.1. The quantitative estimate of drug-likeness (QED) is 0.589. The molecule has 0 aliphatic heterocycles. The number of fused-ring (bicyclic) bond motifs is 3. The predicted octanol–water partition coefficient (Wildman–Crippen LogP) is 5.38. The van der Waals surface area contributed by atoms with Gasteiger partial charge in [0.2, 0.25) is 5.91 Å². The summed E-state index contributed by atoms with van der Waals surface area (Å²) in [4.78, 5) is 28.5. The Morgan fingerprint density at radius 2 is 1.84 bits per heavy atom. The van der Waals surface area contributed by atoms with Crippen LogP contribution in [0.3, 0.4) is 0 Å². The van der Waals surface area contributed by atoms with Gasteiger partial charge in [-0.1, -0.05) is 42.5 Å². The summed E-state index contributed by atoms with van der Waals surface area (Å²) < 4.78 is 0. The van der Waals surface area contributed by atoms with Gasteiger partial charge >= 0.3 is 0 Å². The molecule has 160 valence electrons. The molecule has 1 unspecified atom stereocenters. The van der Waals surface area contributed by atoms with E-state index in [1.54, 1.807) is 0 Å². The van der Waals surface area contributed by atoms with Crippen molar-refractivity contribution in [3.8, 4) is 0 Å². The van der Waals surface area contributed by atoms with Crippen molar-refractivity contribution >= 4 is 22.6 Å². The second kappa shape index (κ2) is 8.33. The topological polar surface area (TPSA) is 62.0 Å². The van der Waals surface area contributed by atoms with Crippen molar-refractivity contribution in [1.82, 2.24) is 10.3 Å². The van der Waals surface area contributed by atoms with Crippen LogP contribution in [0, 0.1) is 5.92 Å². The first-order valence-corrected chi connectivity index (χ1v) is 11.6. The number of hydrogen-bond donors (Lipinski definition) is 2. The Hall–Kier alpha value is -2.88. The second-order valence-corrected chi connectivity index (χ2v) is 9.24. The highest BCUT2D eigenvalue weighted by Crippen LogP contribution is 2.35. The minimum absolute atomic E-state index is 0.0405. The minimum Gasteiger partial charge on any atom is -0.356 e. The molecule has 0 spiro atoms. The van der Waals surface area contributed by atoms with Gasteiger partial charge in [-0.15, -0.1) is 0 Å². The van der Waals surface area contributed by atoms with Crippen molar-refractivity contribution in [2.24, 2.45) is 5.92 Å². The van der Waals surface area contributed by atoms with E-state index in [2.05, 4.69) is 40.6 Å². The van der Waals surface area contributed by atoms with Gasteiger partial charge in [0.25, 0.3) is 0 Å². The molecule has 31 heavy (non-hydrogen) atoms. The molecule has 1 amide bonds. The second-order valence-electron chi connectivity index (χ2n) is 9.24. The number of aromatic amines is 1. The molecular formula is C27H30N2O2. The Balaban J connectivity index is 1.27. The fourth-order valence-electron chi connectivity index (χ4n) is 5.34. The van der Waals surface area contributed by atoms with Crippen LogP contribution in [0.4, 0.5) is 0 Å². The highest BCUT2D eigenvalue weighted by atomic mass is 16.2. The lowest BCUT2D eigenvalue weighted by atomic mass is 9.90. The summed E-state index contributed by atoms with van der Waals surface area (Å²) in [6.45, 7) is 1.97. The van der Waals surface area contributed by atoms with E-state index in [9.17, 15) is 9.59 Å². The third-order valence-electron chi connectivity index (χ3n) is 7.22. The first-order valence-electron chi connectivity index (χ1n) is 11.6. The number of aromatic nitrogens is 1. The highest BCUT2D eigenvalue weighted by Gasteiger charge is 2.28. The van der Waals surface area contributed by atoms with Crippen LogP contribution in [0.25, 0.3) is 10.9 Å². The van der Waals surface area contributed by atoms with Gasteiger partial charge in [0.1, 0.15) is 5.78 Å². The number of hydrogen-bond acceptors (Lipinski definition) is 2. The lowest BCUT2D eigenvalue weighted by molar-refractivity contribution is -0.123. The van der Waals surface area contributed by atoms with Crippen molar-refractivity contribution < 1.29 is 9.59 Å². The number of nitrogens with one attached hydrogen (secondary N) is 2. The van der Waals surface area contributed by atoms with E-state index in [1.807, 2.05) is 25.1 Å². The summed E-state index contributed by atoms with van der Waals surface area (Å²) in [5.41, 5.74) is 5.88. The summed E-state index contributed by atoms with van der Waals surface area (Å²) >= 11 is 0. The standard InChI is InChI=1S/C27H30N2O2/c1-17(19-14-12-18(13-15-19)16-20-6-4-11-25(20)30)27(31)29-24-10-5-8-22-21-7-2-3-9-23(21)28-26(22)24/h2-3,7,9,12-15,17,20,24,28H,4-6,8,10-11,16H2,1H3,(H,29,31)/t17-,20-,24?/m0/s1. The molecule has 1 fully saturated rings. The van der Waals surface area contributed by atoms with Gasteiger partial charge in [0.15, 0.2) is 0 Å². The Kier molecular flexibility index (Phi) is 5.39. The van der Waals surface area contributed by atoms with E-state index in [4.69, 9.17) is 0 Å². The molecule has 2 N–H and O–H groups in total. The van der Waals surface area contributed by atoms with E-state index < -0.39 is 0 Å². The van der Waals surface area contributed by atoms with E-state index in [0.717, 1.165) is 56.0 Å². The summed E-state index contributed by atoms with van der Waals surface area (Å²) in [7, 11) is 0. The first-order chi connectivity index (χ1) is 15.1. The van der Waals surface area contributed by atoms with Crippen LogP contribution in [0.5, 0.6) is 0 Å². The van der Waals surface area contributed by atoms with Crippen LogP contribution in [0.1, 0.15) is 73.4 Å². The summed E-state index contributed by atoms with van der Waals surface area (Å²) in [5.74, 6) is 0.441. The number of benzene rings is 2. The molecule has 2 aliphatic carbocycles. The van der Waals surface area contributed by atoms with E-state index in [-0.39, 0.29) is 23.8 Å². The van der Waals surface area contributed by atoms with E-state index in [0.29, 0.717) is 5.78 Å². The number of Topliss-reactive ketones (excluding diaryl/α,β-unsaturated/α-hetero) is 1. The molecule has 2 aromatic carbocycles. The number of carbonyl (C=O) groups is 2. The molecule has 3 aromatic rings. The van der Waals surface area contributed by atoms with Crippen LogP contribution >= 0.6 is 0 Å². The molecule has 2 aliphatic rings. The lowest BCUT2D eigenvalue weighted by Gasteiger charge is -2.25. The van der Waals surface area contributed by atoms with Crippen LogP contribution in [0.2, 0.25) is 0 Å². The average molecular weight is 415 g/mol. The molecule has 1 heterocycles. The Bertz CT molecular complexity index is 1110. The van der Waals surface area contributed by atoms with Crippen molar-refractivity contribution in [1.29, 1.82) is 0 Å². The number of rotatable bonds is 5.